The zero-order chi connectivity index (χ0) is 28.2. The minimum Gasteiger partial charge on any atom is -0.481 e. The van der Waals surface area contributed by atoms with Gasteiger partial charge in [-0.05, 0) is 49.1 Å². The number of carboxylic acid groups (broad SMARTS) is 1. The third-order valence-electron chi connectivity index (χ3n) is 6.99. The number of halogens is 2. The summed E-state index contributed by atoms with van der Waals surface area (Å²) in [7, 11) is -4.33. The van der Waals surface area contributed by atoms with Gasteiger partial charge in [-0.2, -0.15) is 4.31 Å². The van der Waals surface area contributed by atoms with Gasteiger partial charge in [-0.25, -0.2) is 13.2 Å². The summed E-state index contributed by atoms with van der Waals surface area (Å²) in [5, 5.41) is 12.4. The van der Waals surface area contributed by atoms with Crippen LogP contribution in [-0.4, -0.2) is 66.0 Å². The quantitative estimate of drug-likeness (QED) is 0.461. The molecule has 4 rings (SSSR count). The Morgan fingerprint density at radius 2 is 1.69 bits per heavy atom. The van der Waals surface area contributed by atoms with E-state index in [0.29, 0.717) is 0 Å². The van der Waals surface area contributed by atoms with Crippen LogP contribution >= 0.6 is 23.2 Å². The average Bonchev–Trinajstić information content (AvgIpc) is 3.37. The number of rotatable bonds is 8. The lowest BCUT2D eigenvalue weighted by Crippen LogP contribution is -2.57. The molecule has 2 atom stereocenters. The van der Waals surface area contributed by atoms with Gasteiger partial charge in [0, 0.05) is 19.1 Å². The van der Waals surface area contributed by atoms with E-state index in [2.05, 4.69) is 5.32 Å². The van der Waals surface area contributed by atoms with E-state index in [0.717, 1.165) is 41.3 Å². The van der Waals surface area contributed by atoms with Crippen molar-refractivity contribution >= 4 is 51.2 Å². The minimum atomic E-state index is -4.33. The highest BCUT2D eigenvalue weighted by molar-refractivity contribution is 7.89. The van der Waals surface area contributed by atoms with Crippen molar-refractivity contribution in [2.75, 3.05) is 13.1 Å². The zero-order valence-corrected chi connectivity index (χ0v) is 23.3. The average molecular weight is 599 g/mol. The predicted octanol–water partition coefficient (Wildman–Crippen LogP) is 4.36. The fourth-order valence-corrected chi connectivity index (χ4v) is 6.99. The maximum Gasteiger partial charge on any atom is 0.417 e. The second kappa shape index (κ2) is 12.5. The first kappa shape index (κ1) is 29.1. The van der Waals surface area contributed by atoms with Gasteiger partial charge in [0.25, 0.3) is 5.91 Å². The van der Waals surface area contributed by atoms with Crippen LogP contribution in [0.25, 0.3) is 0 Å². The molecule has 1 aliphatic carbocycles. The van der Waals surface area contributed by atoms with Crippen molar-refractivity contribution in [2.24, 2.45) is 5.92 Å². The molecule has 2 fully saturated rings. The largest absolute Gasteiger partial charge is 0.481 e. The van der Waals surface area contributed by atoms with Crippen LogP contribution in [0.5, 0.6) is 5.75 Å². The Balaban J connectivity index is 1.66. The first-order valence-electron chi connectivity index (χ1n) is 12.6. The molecular weight excluding hydrogens is 569 g/mol. The van der Waals surface area contributed by atoms with Crippen LogP contribution in [0.2, 0.25) is 10.0 Å². The highest BCUT2D eigenvalue weighted by Crippen LogP contribution is 2.32. The fraction of sp³-hybridized carbons (Fsp3) is 0.423. The van der Waals surface area contributed by atoms with E-state index in [1.165, 1.54) is 18.2 Å². The molecular formula is C26H29Cl2N3O7S. The summed E-state index contributed by atoms with van der Waals surface area (Å²) in [5.41, 5.74) is 0. The summed E-state index contributed by atoms with van der Waals surface area (Å²) in [6.07, 6.45) is 1.49. The van der Waals surface area contributed by atoms with Crippen molar-refractivity contribution in [3.8, 4) is 5.75 Å². The van der Waals surface area contributed by atoms with Crippen molar-refractivity contribution in [3.63, 3.8) is 0 Å². The molecule has 2 aliphatic rings. The Bertz CT molecular complexity index is 1320. The van der Waals surface area contributed by atoms with Gasteiger partial charge >= 0.3 is 12.1 Å². The molecule has 39 heavy (non-hydrogen) atoms. The topological polar surface area (TPSA) is 133 Å². The fourth-order valence-electron chi connectivity index (χ4n) is 5.06. The molecule has 1 aliphatic heterocycles. The van der Waals surface area contributed by atoms with Crippen LogP contribution in [0.15, 0.2) is 53.4 Å². The van der Waals surface area contributed by atoms with Gasteiger partial charge in [0.15, 0.2) is 6.17 Å². The van der Waals surface area contributed by atoms with E-state index in [1.807, 2.05) is 0 Å². The van der Waals surface area contributed by atoms with E-state index >= 15 is 0 Å². The number of hydrogen-bond acceptors (Lipinski definition) is 6. The molecule has 13 heteroatoms. The van der Waals surface area contributed by atoms with Gasteiger partial charge in [0.2, 0.25) is 10.0 Å². The summed E-state index contributed by atoms with van der Waals surface area (Å²) in [4.78, 5) is 39.4. The molecule has 0 spiro atoms. The molecule has 210 valence electrons. The monoisotopic (exact) mass is 597 g/mol. The first-order valence-corrected chi connectivity index (χ1v) is 14.8. The molecule has 2 aromatic carbocycles. The second-order valence-corrected chi connectivity index (χ2v) is 12.3. The number of carboxylic acids is 1. The van der Waals surface area contributed by atoms with Crippen molar-refractivity contribution in [3.05, 3.63) is 58.6 Å². The highest BCUT2D eigenvalue weighted by atomic mass is 35.5. The first-order chi connectivity index (χ1) is 18.6. The number of nitrogens with one attached hydrogen (secondary N) is 1. The number of para-hydroxylation sites is 1. The van der Waals surface area contributed by atoms with Gasteiger partial charge in [-0.15, -0.1) is 0 Å². The van der Waals surface area contributed by atoms with E-state index in [1.54, 1.807) is 30.3 Å². The molecule has 2 aromatic rings. The highest BCUT2D eigenvalue weighted by Gasteiger charge is 2.48. The third kappa shape index (κ3) is 6.84. The van der Waals surface area contributed by atoms with E-state index in [9.17, 15) is 27.9 Å². The number of nitrogens with zero attached hydrogens (tertiary/aromatic N) is 2. The number of ether oxygens (including phenoxy) is 1. The second-order valence-electron chi connectivity index (χ2n) is 9.55. The standard InChI is InChI=1S/C26H29Cl2N3O7S/c27-20-12-11-19(15-21(20)28)39(36,37)31-14-13-30(26(35)38-18-9-5-2-6-10-18)25(31)24(34)29-22(16-23(32)33)17-7-3-1-4-8-17/h2,5-6,9-12,15,17,22,25H,1,3-4,7-8,13-14,16H2,(H,29,34)(H,32,33). The van der Waals surface area contributed by atoms with Gasteiger partial charge in [-0.1, -0.05) is 60.7 Å². The molecule has 10 nitrogen and oxygen atoms in total. The van der Waals surface area contributed by atoms with E-state index in [4.69, 9.17) is 27.9 Å². The number of amides is 2. The number of carbonyl (C=O) groups excluding carboxylic acids is 2. The van der Waals surface area contributed by atoms with Gasteiger partial charge in [0.1, 0.15) is 5.75 Å². The maximum absolute atomic E-state index is 13.7. The molecule has 1 saturated heterocycles. The number of sulfonamides is 1. The molecule has 1 saturated carbocycles. The van der Waals surface area contributed by atoms with Crippen molar-refractivity contribution in [2.45, 2.75) is 55.6 Å². The Kier molecular flexibility index (Phi) is 9.37. The summed E-state index contributed by atoms with van der Waals surface area (Å²) < 4.78 is 33.7. The number of carbonyl (C=O) groups is 3. The Hall–Kier alpha value is -2.86. The SMILES string of the molecule is O=C(O)CC(NC(=O)C1N(C(=O)Oc2ccccc2)CCN1S(=O)(=O)c1ccc(Cl)c(Cl)c1)C1CCCCC1. The smallest absolute Gasteiger partial charge is 0.417 e. The maximum atomic E-state index is 13.7. The molecule has 2 N–H and O–H groups in total. The predicted molar refractivity (Wildman–Crippen MR) is 144 cm³/mol. The molecule has 0 bridgehead atoms. The summed E-state index contributed by atoms with van der Waals surface area (Å²) >= 11 is 12.0. The Labute approximate surface area is 236 Å². The normalized spacial score (nSPS) is 19.4. The van der Waals surface area contributed by atoms with Gasteiger partial charge in [0.05, 0.1) is 21.4 Å². The molecule has 2 amide bonds. The van der Waals surface area contributed by atoms with Crippen LogP contribution in [0.4, 0.5) is 4.79 Å². The lowest BCUT2D eigenvalue weighted by Gasteiger charge is -2.33. The number of aliphatic carboxylic acids is 1. The van der Waals surface area contributed by atoms with Gasteiger partial charge in [-0.3, -0.25) is 14.5 Å². The zero-order valence-electron chi connectivity index (χ0n) is 21.0. The summed E-state index contributed by atoms with van der Waals surface area (Å²) in [6, 6.07) is 11.2. The van der Waals surface area contributed by atoms with Crippen LogP contribution in [0.3, 0.4) is 0 Å². The van der Waals surface area contributed by atoms with Crippen LogP contribution < -0.4 is 10.1 Å². The third-order valence-corrected chi connectivity index (χ3v) is 9.57. The Morgan fingerprint density at radius 3 is 2.33 bits per heavy atom. The van der Waals surface area contributed by atoms with Crippen molar-refractivity contribution in [1.82, 2.24) is 14.5 Å². The van der Waals surface area contributed by atoms with E-state index in [-0.39, 0.29) is 46.1 Å². The summed E-state index contributed by atoms with van der Waals surface area (Å²) in [6.45, 7) is -0.324. The minimum absolute atomic E-state index is 0.0112. The van der Waals surface area contributed by atoms with Crippen molar-refractivity contribution < 1.29 is 32.6 Å². The van der Waals surface area contributed by atoms with Crippen LogP contribution in [-0.2, 0) is 19.6 Å². The lowest BCUT2D eigenvalue weighted by molar-refractivity contribution is -0.138. The number of hydrogen-bond donors (Lipinski definition) is 2. The molecule has 0 aromatic heterocycles. The number of benzene rings is 2. The Morgan fingerprint density at radius 1 is 1.00 bits per heavy atom. The summed E-state index contributed by atoms with van der Waals surface area (Å²) in [5.74, 6) is -1.75. The van der Waals surface area contributed by atoms with Crippen molar-refractivity contribution in [1.29, 1.82) is 0 Å². The van der Waals surface area contributed by atoms with E-state index < -0.39 is 40.2 Å². The lowest BCUT2D eigenvalue weighted by atomic mass is 9.82. The van der Waals surface area contributed by atoms with Crippen LogP contribution in [0.1, 0.15) is 38.5 Å². The molecule has 2 unspecified atom stereocenters. The van der Waals surface area contributed by atoms with Gasteiger partial charge < -0.3 is 15.2 Å². The molecule has 1 heterocycles. The van der Waals surface area contributed by atoms with Crippen LogP contribution in [0, 0.1) is 5.92 Å². The molecule has 0 radical (unpaired) electrons.